The lowest BCUT2D eigenvalue weighted by Gasteiger charge is -2.11. The van der Waals surface area contributed by atoms with Gasteiger partial charge in [-0.25, -0.2) is 0 Å². The molecule has 0 unspecified atom stereocenters. The highest BCUT2D eigenvalue weighted by molar-refractivity contribution is 5.42. The van der Waals surface area contributed by atoms with Crippen LogP contribution >= 0.6 is 0 Å². The zero-order chi connectivity index (χ0) is 13.2. The van der Waals surface area contributed by atoms with Gasteiger partial charge >= 0.3 is 0 Å². The van der Waals surface area contributed by atoms with Crippen LogP contribution in [0.4, 0.5) is 0 Å². The van der Waals surface area contributed by atoms with Crippen molar-refractivity contribution in [1.29, 1.82) is 0 Å². The third kappa shape index (κ3) is 4.68. The van der Waals surface area contributed by atoms with E-state index in [9.17, 15) is 0 Å². The van der Waals surface area contributed by atoms with Gasteiger partial charge in [0.15, 0.2) is 11.5 Å². The molecule has 1 N–H and O–H groups in total. The first-order chi connectivity index (χ1) is 8.81. The molecule has 0 radical (unpaired) electrons. The maximum atomic E-state index is 5.53. The molecule has 3 heteroatoms. The van der Waals surface area contributed by atoms with Crippen molar-refractivity contribution in [3.05, 3.63) is 23.8 Å². The summed E-state index contributed by atoms with van der Waals surface area (Å²) in [6, 6.07) is 5.98. The number of benzene rings is 1. The molecule has 0 aromatic heterocycles. The minimum Gasteiger partial charge on any atom is -0.493 e. The van der Waals surface area contributed by atoms with Gasteiger partial charge in [0.25, 0.3) is 0 Å². The maximum absolute atomic E-state index is 5.53. The van der Waals surface area contributed by atoms with E-state index in [0.29, 0.717) is 6.61 Å². The Morgan fingerprint density at radius 2 is 2.17 bits per heavy atom. The van der Waals surface area contributed by atoms with Gasteiger partial charge in [0.2, 0.25) is 0 Å². The quantitative estimate of drug-likeness (QED) is 0.566. The summed E-state index contributed by atoms with van der Waals surface area (Å²) >= 11 is 0. The fourth-order valence-electron chi connectivity index (χ4n) is 1.65. The number of methoxy groups -OCH3 is 1. The number of ether oxygens (including phenoxy) is 2. The third-order valence-corrected chi connectivity index (χ3v) is 2.53. The number of nitrogens with one attached hydrogen (secondary N) is 1. The Labute approximate surface area is 109 Å². The molecule has 0 heterocycles. The first-order valence-corrected chi connectivity index (χ1v) is 6.25. The van der Waals surface area contributed by atoms with Gasteiger partial charge in [-0.2, -0.15) is 0 Å². The number of hydrogen-bond acceptors (Lipinski definition) is 3. The summed E-state index contributed by atoms with van der Waals surface area (Å²) in [5.74, 6) is 4.20. The largest absolute Gasteiger partial charge is 0.493 e. The SMILES string of the molecule is C#CCCCNCc1ccc(OC)c(OCC)c1. The molecule has 0 saturated carbocycles. The molecule has 0 aliphatic carbocycles. The molecule has 98 valence electrons. The van der Waals surface area contributed by atoms with Crippen molar-refractivity contribution in [1.82, 2.24) is 5.32 Å². The van der Waals surface area contributed by atoms with Gasteiger partial charge in [-0.1, -0.05) is 6.07 Å². The lowest BCUT2D eigenvalue weighted by atomic mass is 10.2. The van der Waals surface area contributed by atoms with Gasteiger partial charge in [0, 0.05) is 13.0 Å². The number of terminal acetylenes is 1. The lowest BCUT2D eigenvalue weighted by molar-refractivity contribution is 0.310. The van der Waals surface area contributed by atoms with Crippen molar-refractivity contribution in [3.63, 3.8) is 0 Å². The molecule has 18 heavy (non-hydrogen) atoms. The van der Waals surface area contributed by atoms with Gasteiger partial charge in [0.1, 0.15) is 0 Å². The monoisotopic (exact) mass is 247 g/mol. The van der Waals surface area contributed by atoms with Crippen LogP contribution in [0.3, 0.4) is 0 Å². The summed E-state index contributed by atoms with van der Waals surface area (Å²) in [4.78, 5) is 0. The Hall–Kier alpha value is -1.66. The van der Waals surface area contributed by atoms with Crippen LogP contribution in [0, 0.1) is 12.3 Å². The van der Waals surface area contributed by atoms with Crippen molar-refractivity contribution in [2.24, 2.45) is 0 Å². The summed E-state index contributed by atoms with van der Waals surface area (Å²) in [5.41, 5.74) is 1.18. The van der Waals surface area contributed by atoms with Gasteiger partial charge < -0.3 is 14.8 Å². The maximum Gasteiger partial charge on any atom is 0.161 e. The van der Waals surface area contributed by atoms with E-state index in [-0.39, 0.29) is 0 Å². The Kier molecular flexibility index (Phi) is 6.75. The van der Waals surface area contributed by atoms with Crippen LogP contribution < -0.4 is 14.8 Å². The van der Waals surface area contributed by atoms with Crippen LogP contribution in [-0.4, -0.2) is 20.3 Å². The predicted octanol–water partition coefficient (Wildman–Crippen LogP) is 2.60. The van der Waals surface area contributed by atoms with Crippen LogP contribution in [0.25, 0.3) is 0 Å². The number of rotatable bonds is 8. The minimum atomic E-state index is 0.634. The highest BCUT2D eigenvalue weighted by Gasteiger charge is 2.04. The molecular weight excluding hydrogens is 226 g/mol. The molecule has 3 nitrogen and oxygen atoms in total. The Balaban J connectivity index is 2.51. The predicted molar refractivity (Wildman–Crippen MR) is 73.9 cm³/mol. The molecule has 0 aliphatic rings. The van der Waals surface area contributed by atoms with E-state index in [0.717, 1.165) is 37.4 Å². The van der Waals surface area contributed by atoms with E-state index < -0.39 is 0 Å². The van der Waals surface area contributed by atoms with Gasteiger partial charge in [-0.15, -0.1) is 12.3 Å². The minimum absolute atomic E-state index is 0.634. The van der Waals surface area contributed by atoms with E-state index >= 15 is 0 Å². The highest BCUT2D eigenvalue weighted by atomic mass is 16.5. The number of hydrogen-bond donors (Lipinski definition) is 1. The Morgan fingerprint density at radius 1 is 1.33 bits per heavy atom. The average molecular weight is 247 g/mol. The fourth-order valence-corrected chi connectivity index (χ4v) is 1.65. The van der Waals surface area contributed by atoms with Crippen molar-refractivity contribution in [2.75, 3.05) is 20.3 Å². The van der Waals surface area contributed by atoms with E-state index in [4.69, 9.17) is 15.9 Å². The van der Waals surface area contributed by atoms with Crippen LogP contribution in [0.2, 0.25) is 0 Å². The summed E-state index contributed by atoms with van der Waals surface area (Å²) in [7, 11) is 1.65. The second kappa shape index (κ2) is 8.43. The zero-order valence-electron chi connectivity index (χ0n) is 11.2. The first kappa shape index (κ1) is 14.4. The van der Waals surface area contributed by atoms with Crippen molar-refractivity contribution >= 4 is 0 Å². The van der Waals surface area contributed by atoms with Crippen molar-refractivity contribution in [2.45, 2.75) is 26.3 Å². The van der Waals surface area contributed by atoms with Crippen molar-refractivity contribution in [3.8, 4) is 23.8 Å². The van der Waals surface area contributed by atoms with Crippen LogP contribution in [-0.2, 0) is 6.54 Å². The van der Waals surface area contributed by atoms with E-state index in [1.165, 1.54) is 5.56 Å². The van der Waals surface area contributed by atoms with Crippen molar-refractivity contribution < 1.29 is 9.47 Å². The summed E-state index contributed by atoms with van der Waals surface area (Å²) in [6.45, 7) is 4.34. The molecular formula is C15H21NO2. The average Bonchev–Trinajstić information content (AvgIpc) is 2.39. The second-order valence-electron chi connectivity index (χ2n) is 3.90. The van der Waals surface area contributed by atoms with Gasteiger partial charge in [0.05, 0.1) is 13.7 Å². The summed E-state index contributed by atoms with van der Waals surface area (Å²) in [6.07, 6.45) is 7.02. The summed E-state index contributed by atoms with van der Waals surface area (Å²) < 4.78 is 10.8. The molecule has 0 spiro atoms. The molecule has 1 rings (SSSR count). The normalized spacial score (nSPS) is 9.83. The first-order valence-electron chi connectivity index (χ1n) is 6.25. The van der Waals surface area contributed by atoms with Crippen LogP contribution in [0.5, 0.6) is 11.5 Å². The zero-order valence-corrected chi connectivity index (χ0v) is 11.2. The molecule has 0 amide bonds. The van der Waals surface area contributed by atoms with E-state index in [1.807, 2.05) is 25.1 Å². The molecule has 0 bridgehead atoms. The smallest absolute Gasteiger partial charge is 0.161 e. The number of unbranched alkanes of at least 4 members (excludes halogenated alkanes) is 1. The Bertz CT molecular complexity index is 396. The van der Waals surface area contributed by atoms with Crippen LogP contribution in [0.1, 0.15) is 25.3 Å². The lowest BCUT2D eigenvalue weighted by Crippen LogP contribution is -2.14. The topological polar surface area (TPSA) is 30.5 Å². The van der Waals surface area contributed by atoms with Gasteiger partial charge in [-0.05, 0) is 37.6 Å². The fraction of sp³-hybridized carbons (Fsp3) is 0.467. The standard InChI is InChI=1S/C15H21NO2/c1-4-6-7-10-16-12-13-8-9-14(17-3)15(11-13)18-5-2/h1,8-9,11,16H,5-7,10,12H2,2-3H3. The molecule has 0 fully saturated rings. The van der Waals surface area contributed by atoms with Gasteiger partial charge in [-0.3, -0.25) is 0 Å². The molecule has 0 saturated heterocycles. The molecule has 1 aromatic rings. The van der Waals surface area contributed by atoms with E-state index in [1.54, 1.807) is 7.11 Å². The Morgan fingerprint density at radius 3 is 2.83 bits per heavy atom. The molecule has 1 aromatic carbocycles. The van der Waals surface area contributed by atoms with Crippen LogP contribution in [0.15, 0.2) is 18.2 Å². The molecule has 0 aliphatic heterocycles. The molecule has 0 atom stereocenters. The second-order valence-corrected chi connectivity index (χ2v) is 3.90. The highest BCUT2D eigenvalue weighted by Crippen LogP contribution is 2.27. The summed E-state index contributed by atoms with van der Waals surface area (Å²) in [5, 5.41) is 3.35. The third-order valence-electron chi connectivity index (χ3n) is 2.53. The van der Waals surface area contributed by atoms with E-state index in [2.05, 4.69) is 11.2 Å².